The second-order valence-corrected chi connectivity index (χ2v) is 4.49. The van der Waals surface area contributed by atoms with Gasteiger partial charge in [0, 0.05) is 12.7 Å². The van der Waals surface area contributed by atoms with Crippen LogP contribution in [-0.4, -0.2) is 49.9 Å². The Morgan fingerprint density at radius 3 is 2.55 bits per heavy atom. The molecule has 114 valence electrons. The van der Waals surface area contributed by atoms with Crippen molar-refractivity contribution in [3.05, 3.63) is 29.8 Å². The predicted molar refractivity (Wildman–Crippen MR) is 75.9 cm³/mol. The Kier molecular flexibility index (Phi) is 8.22. The number of aliphatic hydroxyl groups is 2. The van der Waals surface area contributed by atoms with Crippen molar-refractivity contribution in [2.45, 2.75) is 25.6 Å². The van der Waals surface area contributed by atoms with E-state index in [1.54, 1.807) is 13.2 Å². The topological polar surface area (TPSA) is 68.2 Å². The van der Waals surface area contributed by atoms with Gasteiger partial charge in [0.25, 0.3) is 0 Å². The quantitative estimate of drug-likeness (QED) is 0.638. The van der Waals surface area contributed by atoms with Gasteiger partial charge in [-0.3, -0.25) is 0 Å². The normalized spacial score (nSPS) is 14.0. The summed E-state index contributed by atoms with van der Waals surface area (Å²) in [4.78, 5) is 0. The fourth-order valence-corrected chi connectivity index (χ4v) is 1.70. The first-order chi connectivity index (χ1) is 9.69. The van der Waals surface area contributed by atoms with Crippen LogP contribution in [0.5, 0.6) is 5.75 Å². The van der Waals surface area contributed by atoms with Crippen LogP contribution in [0.15, 0.2) is 24.3 Å². The molecule has 0 bridgehead atoms. The van der Waals surface area contributed by atoms with Crippen LogP contribution < -0.4 is 4.74 Å². The van der Waals surface area contributed by atoms with Gasteiger partial charge in [-0.2, -0.15) is 0 Å². The number of methoxy groups -OCH3 is 1. The third kappa shape index (κ3) is 5.88. The van der Waals surface area contributed by atoms with Crippen LogP contribution in [0.4, 0.5) is 0 Å². The summed E-state index contributed by atoms with van der Waals surface area (Å²) in [5, 5.41) is 19.6. The highest BCUT2D eigenvalue weighted by Crippen LogP contribution is 2.26. The minimum Gasteiger partial charge on any atom is -0.490 e. The monoisotopic (exact) mass is 284 g/mol. The lowest BCUT2D eigenvalue weighted by Crippen LogP contribution is -2.24. The molecule has 20 heavy (non-hydrogen) atoms. The molecule has 0 amide bonds. The summed E-state index contributed by atoms with van der Waals surface area (Å²) >= 11 is 0. The predicted octanol–water partition coefficient (Wildman–Crippen LogP) is 1.53. The van der Waals surface area contributed by atoms with Crippen molar-refractivity contribution < 1.29 is 24.4 Å². The van der Waals surface area contributed by atoms with Gasteiger partial charge in [-0.1, -0.05) is 25.1 Å². The average molecular weight is 284 g/mol. The van der Waals surface area contributed by atoms with Crippen molar-refractivity contribution in [3.8, 4) is 5.75 Å². The molecular weight excluding hydrogens is 260 g/mol. The molecule has 0 radical (unpaired) electrons. The molecule has 0 saturated heterocycles. The van der Waals surface area contributed by atoms with Gasteiger partial charge in [-0.25, -0.2) is 0 Å². The lowest BCUT2D eigenvalue weighted by molar-refractivity contribution is -0.00466. The Bertz CT molecular complexity index is 369. The molecule has 1 aromatic carbocycles. The van der Waals surface area contributed by atoms with E-state index in [-0.39, 0.29) is 13.2 Å². The molecule has 2 N–H and O–H groups in total. The van der Waals surface area contributed by atoms with Gasteiger partial charge in [-0.05, 0) is 12.5 Å². The second-order valence-electron chi connectivity index (χ2n) is 4.49. The van der Waals surface area contributed by atoms with Crippen LogP contribution in [0.3, 0.4) is 0 Å². The first-order valence-corrected chi connectivity index (χ1v) is 6.83. The van der Waals surface area contributed by atoms with Gasteiger partial charge in [0.1, 0.15) is 18.5 Å². The van der Waals surface area contributed by atoms with E-state index in [2.05, 4.69) is 0 Å². The summed E-state index contributed by atoms with van der Waals surface area (Å²) in [6.45, 7) is 3.17. The largest absolute Gasteiger partial charge is 0.490 e. The minimum absolute atomic E-state index is 0.125. The fourth-order valence-electron chi connectivity index (χ4n) is 1.70. The van der Waals surface area contributed by atoms with Crippen molar-refractivity contribution in [1.29, 1.82) is 0 Å². The van der Waals surface area contributed by atoms with Crippen molar-refractivity contribution >= 4 is 0 Å². The number of ether oxygens (including phenoxy) is 3. The molecule has 2 atom stereocenters. The second kappa shape index (κ2) is 9.72. The van der Waals surface area contributed by atoms with Crippen LogP contribution in [0, 0.1) is 0 Å². The first kappa shape index (κ1) is 16.9. The summed E-state index contributed by atoms with van der Waals surface area (Å²) in [6.07, 6.45) is -0.650. The number of hydrogen-bond acceptors (Lipinski definition) is 5. The summed E-state index contributed by atoms with van der Waals surface area (Å²) in [7, 11) is 1.60. The maximum absolute atomic E-state index is 9.89. The van der Waals surface area contributed by atoms with E-state index in [0.717, 1.165) is 5.56 Å². The molecule has 0 aliphatic carbocycles. The molecule has 0 aliphatic rings. The number of rotatable bonds is 10. The summed E-state index contributed by atoms with van der Waals surface area (Å²) < 4.78 is 15.6. The number of aliphatic hydroxyl groups excluding tert-OH is 2. The van der Waals surface area contributed by atoms with Gasteiger partial charge in [-0.15, -0.1) is 0 Å². The Labute approximate surface area is 120 Å². The Morgan fingerprint density at radius 1 is 1.10 bits per heavy atom. The van der Waals surface area contributed by atoms with E-state index in [1.165, 1.54) is 0 Å². The zero-order chi connectivity index (χ0) is 14.8. The van der Waals surface area contributed by atoms with Gasteiger partial charge < -0.3 is 24.4 Å². The summed E-state index contributed by atoms with van der Waals surface area (Å²) in [5.41, 5.74) is 0.738. The molecule has 1 unspecified atom stereocenters. The Morgan fingerprint density at radius 2 is 1.85 bits per heavy atom. The Balaban J connectivity index is 2.41. The highest BCUT2D eigenvalue weighted by Gasteiger charge is 2.12. The zero-order valence-electron chi connectivity index (χ0n) is 12.1. The van der Waals surface area contributed by atoms with E-state index in [0.29, 0.717) is 25.4 Å². The highest BCUT2D eigenvalue weighted by atomic mass is 16.5. The lowest BCUT2D eigenvalue weighted by Gasteiger charge is -2.17. The third-order valence-electron chi connectivity index (χ3n) is 2.84. The fraction of sp³-hybridized carbons (Fsp3) is 0.600. The van der Waals surface area contributed by atoms with Crippen LogP contribution in [0.25, 0.3) is 0 Å². The van der Waals surface area contributed by atoms with Crippen molar-refractivity contribution in [2.75, 3.05) is 33.5 Å². The summed E-state index contributed by atoms with van der Waals surface area (Å²) in [6, 6.07) is 7.30. The number of hydrogen-bond donors (Lipinski definition) is 2. The van der Waals surface area contributed by atoms with Crippen LogP contribution in [0.1, 0.15) is 25.0 Å². The molecule has 0 heterocycles. The molecule has 1 aromatic rings. The molecular formula is C15H24O5. The molecule has 0 fully saturated rings. The van der Waals surface area contributed by atoms with Gasteiger partial charge in [0.05, 0.1) is 25.9 Å². The third-order valence-corrected chi connectivity index (χ3v) is 2.84. The van der Waals surface area contributed by atoms with Gasteiger partial charge >= 0.3 is 0 Å². The van der Waals surface area contributed by atoms with Crippen LogP contribution in [-0.2, 0) is 9.47 Å². The van der Waals surface area contributed by atoms with Gasteiger partial charge in [0.2, 0.25) is 0 Å². The molecule has 5 nitrogen and oxygen atoms in total. The zero-order valence-corrected chi connectivity index (χ0v) is 12.1. The SMILES string of the molecule is CC[C@H](O)c1ccccc1OCC(O)COCCOC. The van der Waals surface area contributed by atoms with E-state index in [9.17, 15) is 10.2 Å². The maximum Gasteiger partial charge on any atom is 0.125 e. The van der Waals surface area contributed by atoms with Crippen molar-refractivity contribution in [2.24, 2.45) is 0 Å². The van der Waals surface area contributed by atoms with E-state index < -0.39 is 12.2 Å². The standard InChI is InChI=1S/C15H24O5/c1-3-14(17)13-6-4-5-7-15(13)20-11-12(16)10-19-9-8-18-2/h4-7,12,14,16-17H,3,8-11H2,1-2H3/t12?,14-/m0/s1. The van der Waals surface area contributed by atoms with E-state index in [4.69, 9.17) is 14.2 Å². The average Bonchev–Trinajstić information content (AvgIpc) is 2.49. The summed E-state index contributed by atoms with van der Waals surface area (Å²) in [5.74, 6) is 0.595. The van der Waals surface area contributed by atoms with E-state index in [1.807, 2.05) is 25.1 Å². The van der Waals surface area contributed by atoms with E-state index >= 15 is 0 Å². The van der Waals surface area contributed by atoms with Crippen LogP contribution >= 0.6 is 0 Å². The smallest absolute Gasteiger partial charge is 0.125 e. The molecule has 5 heteroatoms. The van der Waals surface area contributed by atoms with Crippen LogP contribution in [0.2, 0.25) is 0 Å². The maximum atomic E-state index is 9.89. The van der Waals surface area contributed by atoms with Crippen molar-refractivity contribution in [1.82, 2.24) is 0 Å². The molecule has 0 spiro atoms. The molecule has 0 aliphatic heterocycles. The first-order valence-electron chi connectivity index (χ1n) is 6.83. The highest BCUT2D eigenvalue weighted by molar-refractivity contribution is 5.35. The number of para-hydroxylation sites is 1. The lowest BCUT2D eigenvalue weighted by atomic mass is 10.1. The molecule has 0 aromatic heterocycles. The van der Waals surface area contributed by atoms with Gasteiger partial charge in [0.15, 0.2) is 0 Å². The molecule has 1 rings (SSSR count). The Hall–Kier alpha value is -1.14. The number of benzene rings is 1. The minimum atomic E-state index is -0.710. The van der Waals surface area contributed by atoms with Crippen molar-refractivity contribution in [3.63, 3.8) is 0 Å². The molecule has 0 saturated carbocycles.